The average Bonchev–Trinajstić information content (AvgIpc) is 3.05. The lowest BCUT2D eigenvalue weighted by atomic mass is 9.97. The second-order valence-corrected chi connectivity index (χ2v) is 10.3. The van der Waals surface area contributed by atoms with Gasteiger partial charge in [-0.3, -0.25) is 14.3 Å². The fourth-order valence-electron chi connectivity index (χ4n) is 3.80. The highest BCUT2D eigenvalue weighted by Crippen LogP contribution is 2.59. The van der Waals surface area contributed by atoms with Crippen LogP contribution in [0.3, 0.4) is 0 Å². The largest absolute Gasteiger partial charge is 0.302 e. The summed E-state index contributed by atoms with van der Waals surface area (Å²) in [6, 6.07) is 1.67. The van der Waals surface area contributed by atoms with Crippen molar-refractivity contribution in [1.82, 2.24) is 13.8 Å². The van der Waals surface area contributed by atoms with Crippen molar-refractivity contribution in [2.75, 3.05) is 12.8 Å². The van der Waals surface area contributed by atoms with E-state index in [9.17, 15) is 13.2 Å². The van der Waals surface area contributed by atoms with Crippen molar-refractivity contribution in [1.29, 1.82) is 0 Å². The number of carbonyl (C=O) groups is 1. The molecule has 136 valence electrons. The molecule has 1 aromatic rings. The molecule has 0 bridgehead atoms. The number of halogens is 3. The smallest absolute Gasteiger partial charge is 0.292 e. The number of amidine groups is 1. The van der Waals surface area contributed by atoms with Crippen molar-refractivity contribution in [3.63, 3.8) is 0 Å². The summed E-state index contributed by atoms with van der Waals surface area (Å²) in [5.41, 5.74) is 0.381. The van der Waals surface area contributed by atoms with Crippen LogP contribution < -0.4 is 5.14 Å². The lowest BCUT2D eigenvalue weighted by molar-refractivity contribution is -0.0219. The Morgan fingerprint density at radius 1 is 1.44 bits per heavy atom. The van der Waals surface area contributed by atoms with Crippen molar-refractivity contribution in [2.45, 2.75) is 23.6 Å². The van der Waals surface area contributed by atoms with Gasteiger partial charge >= 0.3 is 10.2 Å². The van der Waals surface area contributed by atoms with Gasteiger partial charge in [0, 0.05) is 6.54 Å². The Balaban J connectivity index is 2.10. The van der Waals surface area contributed by atoms with E-state index in [2.05, 4.69) is 36.9 Å². The second kappa shape index (κ2) is 5.38. The molecule has 1 aromatic heterocycles. The number of rotatable bonds is 1. The van der Waals surface area contributed by atoms with E-state index in [4.69, 9.17) is 16.7 Å². The topological polar surface area (TPSA) is 101 Å². The molecule has 0 radical (unpaired) electrons. The number of nitrogens with zero attached hydrogens (tertiary/aromatic N) is 4. The van der Waals surface area contributed by atoms with Crippen LogP contribution in [0, 0.1) is 0 Å². The minimum Gasteiger partial charge on any atom is -0.292 e. The van der Waals surface area contributed by atoms with Gasteiger partial charge in [-0.1, -0.05) is 23.4 Å². The van der Waals surface area contributed by atoms with Gasteiger partial charge in [0.15, 0.2) is 10.2 Å². The summed E-state index contributed by atoms with van der Waals surface area (Å²) >= 11 is 14.9. The minimum atomic E-state index is -4.19. The van der Waals surface area contributed by atoms with Crippen LogP contribution in [0.1, 0.15) is 23.3 Å². The average molecular weight is 534 g/mol. The monoisotopic (exact) mass is 531 g/mol. The van der Waals surface area contributed by atoms with Crippen LogP contribution in [0.2, 0.25) is 0 Å². The minimum absolute atomic E-state index is 0.154. The Bertz CT molecular complexity index is 951. The Kier molecular flexibility index (Phi) is 3.90. The fourth-order valence-corrected chi connectivity index (χ4v) is 7.48. The molecule has 3 aliphatic rings. The standard InChI is InChI=1S/C12H12Br2ClN5O3S2/c1-24-10-17-12-11(15,20(10)25(16,22)23)3-2-4-18(12)9(21)7-5-6(13)8(14)19(7)12/h5H,2-4H2,1H3,(H2,16,22,23)/t11-,12-/m1/s1. The van der Waals surface area contributed by atoms with Gasteiger partial charge < -0.3 is 0 Å². The normalized spacial score (nSPS) is 31.1. The van der Waals surface area contributed by atoms with Gasteiger partial charge in [0.05, 0.1) is 4.47 Å². The Labute approximate surface area is 170 Å². The maximum atomic E-state index is 13.0. The zero-order valence-corrected chi connectivity index (χ0v) is 18.3. The van der Waals surface area contributed by atoms with Crippen LogP contribution in [0.5, 0.6) is 0 Å². The molecule has 8 nitrogen and oxygen atoms in total. The third-order valence-corrected chi connectivity index (χ3v) is 9.02. The summed E-state index contributed by atoms with van der Waals surface area (Å²) in [5.74, 6) is -1.67. The van der Waals surface area contributed by atoms with Gasteiger partial charge in [0.2, 0.25) is 0 Å². The number of hydrogen-bond donors (Lipinski definition) is 1. The molecule has 0 unspecified atom stereocenters. The van der Waals surface area contributed by atoms with Gasteiger partial charge in [-0.15, -0.1) is 0 Å². The predicted octanol–water partition coefficient (Wildman–Crippen LogP) is 2.05. The first-order valence-corrected chi connectivity index (χ1v) is 11.8. The van der Waals surface area contributed by atoms with E-state index in [-0.39, 0.29) is 11.1 Å². The third kappa shape index (κ3) is 2.01. The number of hydrogen-bond acceptors (Lipinski definition) is 5. The molecule has 0 aliphatic carbocycles. The number of piperidine rings is 1. The van der Waals surface area contributed by atoms with E-state index in [0.29, 0.717) is 34.2 Å². The van der Waals surface area contributed by atoms with Crippen molar-refractivity contribution >= 4 is 76.5 Å². The molecule has 13 heteroatoms. The summed E-state index contributed by atoms with van der Waals surface area (Å²) in [6.07, 6.45) is 2.52. The maximum Gasteiger partial charge on any atom is 0.302 e. The number of thioether (sulfide) groups is 1. The number of aromatic nitrogens is 1. The van der Waals surface area contributed by atoms with Gasteiger partial charge in [-0.25, -0.2) is 14.4 Å². The summed E-state index contributed by atoms with van der Waals surface area (Å²) < 4.78 is 28.5. The number of alkyl halides is 1. The van der Waals surface area contributed by atoms with Gasteiger partial charge in [-0.2, -0.15) is 8.42 Å². The number of fused-ring (bicyclic) bond motifs is 1. The SMILES string of the molecule is CSC1=N[C@@]23N(CCC[C@@]2(Cl)N1S(N)(=O)=O)C(=O)c1cc(Br)c(Br)n13. The van der Waals surface area contributed by atoms with Gasteiger partial charge in [-0.05, 0) is 57.0 Å². The Morgan fingerprint density at radius 3 is 2.72 bits per heavy atom. The summed E-state index contributed by atoms with van der Waals surface area (Å²) in [6.45, 7) is 0.419. The first kappa shape index (κ1) is 18.1. The molecule has 1 amide bonds. The van der Waals surface area contributed by atoms with Crippen molar-refractivity contribution in [2.24, 2.45) is 10.1 Å². The van der Waals surface area contributed by atoms with E-state index in [1.54, 1.807) is 16.9 Å². The lowest BCUT2D eigenvalue weighted by Crippen LogP contribution is -2.66. The van der Waals surface area contributed by atoms with Crippen LogP contribution in [-0.4, -0.2) is 51.1 Å². The van der Waals surface area contributed by atoms with E-state index >= 15 is 0 Å². The van der Waals surface area contributed by atoms with Crippen LogP contribution in [0.25, 0.3) is 0 Å². The predicted molar refractivity (Wildman–Crippen MR) is 103 cm³/mol. The zero-order chi connectivity index (χ0) is 18.4. The van der Waals surface area contributed by atoms with Crippen LogP contribution in [-0.2, 0) is 16.0 Å². The molecule has 4 heterocycles. The van der Waals surface area contributed by atoms with E-state index < -0.39 is 21.0 Å². The van der Waals surface area contributed by atoms with E-state index in [1.807, 2.05) is 0 Å². The van der Waals surface area contributed by atoms with Crippen molar-refractivity contribution in [3.8, 4) is 0 Å². The maximum absolute atomic E-state index is 13.0. The highest BCUT2D eigenvalue weighted by Gasteiger charge is 2.73. The molecular formula is C12H12Br2ClN5O3S2. The van der Waals surface area contributed by atoms with E-state index in [1.165, 1.54) is 4.90 Å². The highest BCUT2D eigenvalue weighted by atomic mass is 79.9. The first-order valence-electron chi connectivity index (χ1n) is 7.14. The first-order chi connectivity index (χ1) is 11.6. The van der Waals surface area contributed by atoms with Crippen LogP contribution in [0.15, 0.2) is 20.1 Å². The molecule has 2 atom stereocenters. The molecular weight excluding hydrogens is 522 g/mol. The summed E-state index contributed by atoms with van der Waals surface area (Å²) in [4.78, 5) is 17.6. The lowest BCUT2D eigenvalue weighted by Gasteiger charge is -2.49. The number of amides is 1. The molecule has 0 aromatic carbocycles. The Morgan fingerprint density at radius 2 is 2.12 bits per heavy atom. The summed E-state index contributed by atoms with van der Waals surface area (Å²) in [5, 5.41) is 5.62. The molecule has 25 heavy (non-hydrogen) atoms. The van der Waals surface area contributed by atoms with Gasteiger partial charge in [0.1, 0.15) is 10.3 Å². The van der Waals surface area contributed by atoms with Crippen molar-refractivity contribution < 1.29 is 13.2 Å². The zero-order valence-electron chi connectivity index (χ0n) is 12.7. The molecule has 0 saturated carbocycles. The van der Waals surface area contributed by atoms with Crippen LogP contribution in [0.4, 0.5) is 0 Å². The molecule has 4 rings (SSSR count). The van der Waals surface area contributed by atoms with Gasteiger partial charge in [0.25, 0.3) is 11.7 Å². The quantitative estimate of drug-likeness (QED) is 0.441. The molecule has 1 fully saturated rings. The molecule has 2 N–H and O–H groups in total. The number of aliphatic imine (C=N–C) groups is 1. The number of nitrogens with two attached hydrogens (primary N) is 1. The molecule has 1 spiro atoms. The van der Waals surface area contributed by atoms with E-state index in [0.717, 1.165) is 16.1 Å². The molecule has 3 aliphatic heterocycles. The van der Waals surface area contributed by atoms with Crippen molar-refractivity contribution in [3.05, 3.63) is 20.8 Å². The van der Waals surface area contributed by atoms with Crippen LogP contribution >= 0.6 is 55.2 Å². The fraction of sp³-hybridized carbons (Fsp3) is 0.500. The summed E-state index contributed by atoms with van der Waals surface area (Å²) in [7, 11) is -4.19. The Hall–Kier alpha value is -0.270. The highest BCUT2D eigenvalue weighted by molar-refractivity contribution is 9.13. The third-order valence-electron chi connectivity index (χ3n) is 4.64. The second-order valence-electron chi connectivity index (χ2n) is 5.87. The molecule has 1 saturated heterocycles. The number of carbonyl (C=O) groups excluding carboxylic acids is 1.